The van der Waals surface area contributed by atoms with Crippen LogP contribution in [0.3, 0.4) is 0 Å². The Morgan fingerprint density at radius 2 is 1.70 bits per heavy atom. The first kappa shape index (κ1) is 21.6. The monoisotopic (exact) mass is 419 g/mol. The molecule has 0 bridgehead atoms. The van der Waals surface area contributed by atoms with Crippen molar-refractivity contribution in [1.82, 2.24) is 5.32 Å². The number of methoxy groups -OCH3 is 1. The average molecular weight is 419 g/mol. The van der Waals surface area contributed by atoms with E-state index in [2.05, 4.69) is 17.9 Å². The van der Waals surface area contributed by atoms with Gasteiger partial charge < -0.3 is 10.1 Å². The molecule has 1 N–H and O–H groups in total. The van der Waals surface area contributed by atoms with Gasteiger partial charge in [-0.05, 0) is 50.2 Å². The molecular formula is C18H20F3NO3S2. The lowest BCUT2D eigenvalue weighted by Gasteiger charge is -2.22. The molecule has 27 heavy (non-hydrogen) atoms. The Bertz CT molecular complexity index is 885. The minimum absolute atomic E-state index is 0.163. The largest absolute Gasteiger partial charge is 0.497 e. The minimum atomic E-state index is -3.59. The van der Waals surface area contributed by atoms with E-state index in [4.69, 9.17) is 4.74 Å². The van der Waals surface area contributed by atoms with Crippen molar-refractivity contribution in [2.75, 3.05) is 20.2 Å². The predicted octanol–water partition coefficient (Wildman–Crippen LogP) is 3.61. The zero-order valence-electron chi connectivity index (χ0n) is 14.6. The Kier molecular flexibility index (Phi) is 7.58. The van der Waals surface area contributed by atoms with Gasteiger partial charge in [-0.1, -0.05) is 0 Å². The minimum Gasteiger partial charge on any atom is -0.497 e. The molecule has 0 radical (unpaired) electrons. The maximum Gasteiger partial charge on any atom is 0.184 e. The van der Waals surface area contributed by atoms with Gasteiger partial charge in [0.25, 0.3) is 0 Å². The number of nitrogens with one attached hydrogen (secondary N) is 1. The van der Waals surface area contributed by atoms with Crippen LogP contribution in [-0.4, -0.2) is 33.9 Å². The molecule has 3 rings (SSSR count). The molecule has 0 aromatic heterocycles. The Hall–Kier alpha value is -1.71. The quantitative estimate of drug-likeness (QED) is 0.747. The van der Waals surface area contributed by atoms with Crippen molar-refractivity contribution in [3.8, 4) is 5.75 Å². The van der Waals surface area contributed by atoms with Gasteiger partial charge in [0.2, 0.25) is 0 Å². The summed E-state index contributed by atoms with van der Waals surface area (Å²) >= 11 is 3.70. The maximum absolute atomic E-state index is 13.8. The smallest absolute Gasteiger partial charge is 0.184 e. The SMILES string of the molecule is COc1ccc(S(=O)(=O)C2CCNCC2)c(F)c1.Fc1ccc(S)c(F)c1. The van der Waals surface area contributed by atoms with E-state index in [1.165, 1.54) is 25.3 Å². The van der Waals surface area contributed by atoms with Crippen LogP contribution in [0.5, 0.6) is 5.75 Å². The lowest BCUT2D eigenvalue weighted by molar-refractivity contribution is 0.409. The number of halogens is 3. The number of sulfone groups is 1. The van der Waals surface area contributed by atoms with Crippen molar-refractivity contribution in [3.63, 3.8) is 0 Å². The Morgan fingerprint density at radius 1 is 1.04 bits per heavy atom. The van der Waals surface area contributed by atoms with Crippen LogP contribution >= 0.6 is 12.6 Å². The van der Waals surface area contributed by atoms with Gasteiger partial charge in [-0.15, -0.1) is 12.6 Å². The third-order valence-electron chi connectivity index (χ3n) is 4.08. The molecule has 2 aromatic carbocycles. The summed E-state index contributed by atoms with van der Waals surface area (Å²) < 4.78 is 67.6. The normalized spacial score (nSPS) is 15.0. The van der Waals surface area contributed by atoms with Gasteiger partial charge in [-0.3, -0.25) is 0 Å². The number of benzene rings is 2. The fourth-order valence-corrected chi connectivity index (χ4v) is 4.55. The molecule has 1 heterocycles. The number of hydrogen-bond donors (Lipinski definition) is 2. The van der Waals surface area contributed by atoms with Crippen molar-refractivity contribution in [3.05, 3.63) is 53.8 Å². The van der Waals surface area contributed by atoms with Crippen LogP contribution < -0.4 is 10.1 Å². The molecule has 4 nitrogen and oxygen atoms in total. The molecule has 0 aliphatic carbocycles. The zero-order valence-corrected chi connectivity index (χ0v) is 16.3. The fourth-order valence-electron chi connectivity index (χ4n) is 2.61. The molecule has 1 fully saturated rings. The van der Waals surface area contributed by atoms with Crippen LogP contribution in [-0.2, 0) is 9.84 Å². The van der Waals surface area contributed by atoms with E-state index in [-0.39, 0.29) is 9.79 Å². The molecule has 0 amide bonds. The Balaban J connectivity index is 0.000000244. The van der Waals surface area contributed by atoms with Gasteiger partial charge >= 0.3 is 0 Å². The van der Waals surface area contributed by atoms with E-state index in [1.54, 1.807) is 0 Å². The summed E-state index contributed by atoms with van der Waals surface area (Å²) in [5.41, 5.74) is 0. The zero-order chi connectivity index (χ0) is 20.0. The second kappa shape index (κ2) is 9.48. The van der Waals surface area contributed by atoms with Gasteiger partial charge in [-0.25, -0.2) is 21.6 Å². The lowest BCUT2D eigenvalue weighted by Crippen LogP contribution is -2.36. The van der Waals surface area contributed by atoms with Gasteiger partial charge in [0.1, 0.15) is 28.1 Å². The molecule has 1 saturated heterocycles. The van der Waals surface area contributed by atoms with Gasteiger partial charge in [0.15, 0.2) is 9.84 Å². The maximum atomic E-state index is 13.8. The number of piperidine rings is 1. The Labute approximate surface area is 162 Å². The van der Waals surface area contributed by atoms with Crippen LogP contribution in [0.1, 0.15) is 12.8 Å². The topological polar surface area (TPSA) is 55.4 Å². The summed E-state index contributed by atoms with van der Waals surface area (Å²) in [5.74, 6) is -1.63. The molecule has 0 saturated carbocycles. The summed E-state index contributed by atoms with van der Waals surface area (Å²) in [6, 6.07) is 7.08. The first-order chi connectivity index (χ1) is 12.8. The second-order valence-corrected chi connectivity index (χ2v) is 8.56. The van der Waals surface area contributed by atoms with E-state index in [0.717, 1.165) is 18.2 Å². The number of hydrogen-bond acceptors (Lipinski definition) is 5. The average Bonchev–Trinajstić information content (AvgIpc) is 2.66. The van der Waals surface area contributed by atoms with E-state index in [0.29, 0.717) is 31.7 Å². The fraction of sp³-hybridized carbons (Fsp3) is 0.333. The number of ether oxygens (including phenoxy) is 1. The van der Waals surface area contributed by atoms with Gasteiger partial charge in [0, 0.05) is 17.0 Å². The van der Waals surface area contributed by atoms with Crippen LogP contribution in [0.15, 0.2) is 46.2 Å². The van der Waals surface area contributed by atoms with Crippen molar-refractivity contribution in [2.24, 2.45) is 0 Å². The van der Waals surface area contributed by atoms with Crippen molar-refractivity contribution in [1.29, 1.82) is 0 Å². The number of thiol groups is 1. The van der Waals surface area contributed by atoms with E-state index < -0.39 is 32.5 Å². The van der Waals surface area contributed by atoms with E-state index >= 15 is 0 Å². The van der Waals surface area contributed by atoms with Gasteiger partial charge in [0.05, 0.1) is 12.4 Å². The highest BCUT2D eigenvalue weighted by Crippen LogP contribution is 2.27. The highest BCUT2D eigenvalue weighted by molar-refractivity contribution is 7.92. The third kappa shape index (κ3) is 5.63. The Morgan fingerprint density at radius 3 is 2.22 bits per heavy atom. The van der Waals surface area contributed by atoms with Crippen molar-refractivity contribution in [2.45, 2.75) is 27.9 Å². The summed E-state index contributed by atoms with van der Waals surface area (Å²) in [6.07, 6.45) is 1.04. The summed E-state index contributed by atoms with van der Waals surface area (Å²) in [5, 5.41) is 2.59. The molecule has 1 aliphatic rings. The highest BCUT2D eigenvalue weighted by atomic mass is 32.2. The molecule has 148 valence electrons. The van der Waals surface area contributed by atoms with Crippen molar-refractivity contribution < 1.29 is 26.3 Å². The van der Waals surface area contributed by atoms with E-state index in [9.17, 15) is 21.6 Å². The first-order valence-corrected chi connectivity index (χ1v) is 10.2. The molecule has 0 spiro atoms. The molecule has 0 unspecified atom stereocenters. The lowest BCUT2D eigenvalue weighted by atomic mass is 10.2. The molecule has 1 aliphatic heterocycles. The summed E-state index contributed by atoms with van der Waals surface area (Å²) in [4.78, 5) is -0.0633. The third-order valence-corrected chi connectivity index (χ3v) is 6.74. The highest BCUT2D eigenvalue weighted by Gasteiger charge is 2.31. The summed E-state index contributed by atoms with van der Waals surface area (Å²) in [7, 11) is -2.18. The number of rotatable bonds is 3. The van der Waals surface area contributed by atoms with Crippen LogP contribution in [0.2, 0.25) is 0 Å². The molecule has 2 aromatic rings. The van der Waals surface area contributed by atoms with Crippen molar-refractivity contribution >= 4 is 22.5 Å². The molecule has 0 atom stereocenters. The predicted molar refractivity (Wildman–Crippen MR) is 99.6 cm³/mol. The molecule has 9 heteroatoms. The summed E-state index contributed by atoms with van der Waals surface area (Å²) in [6.45, 7) is 1.31. The molecular weight excluding hydrogens is 399 g/mol. The second-order valence-electron chi connectivity index (χ2n) is 5.89. The van der Waals surface area contributed by atoms with E-state index in [1.807, 2.05) is 0 Å². The van der Waals surface area contributed by atoms with Crippen LogP contribution in [0.25, 0.3) is 0 Å². The van der Waals surface area contributed by atoms with Crippen LogP contribution in [0, 0.1) is 17.5 Å². The van der Waals surface area contributed by atoms with Gasteiger partial charge in [-0.2, -0.15) is 0 Å². The first-order valence-electron chi connectivity index (χ1n) is 8.18. The van der Waals surface area contributed by atoms with Crippen LogP contribution in [0.4, 0.5) is 13.2 Å². The standard InChI is InChI=1S/C12H16FNO3S.C6H4F2S/c1-17-9-2-3-12(11(13)8-9)18(15,16)10-4-6-14-7-5-10;7-4-1-2-6(9)5(8)3-4/h2-3,8,10,14H,4-7H2,1H3;1-3,9H.